The minimum atomic E-state index is -0.209. The second-order valence-electron chi connectivity index (χ2n) is 6.82. The highest BCUT2D eigenvalue weighted by Crippen LogP contribution is 2.43. The van der Waals surface area contributed by atoms with Gasteiger partial charge in [-0.05, 0) is 12.3 Å². The number of carbonyl (C=O) groups excluding carboxylic acids is 1. The molecule has 3 atom stereocenters. The summed E-state index contributed by atoms with van der Waals surface area (Å²) in [5.74, 6) is 1.68. The van der Waals surface area contributed by atoms with Crippen LogP contribution in [-0.4, -0.2) is 52.2 Å². The molecule has 3 aliphatic rings. The first kappa shape index (κ1) is 13.9. The number of aromatic nitrogens is 2. The van der Waals surface area contributed by atoms with Gasteiger partial charge < -0.3 is 14.4 Å². The van der Waals surface area contributed by atoms with Crippen molar-refractivity contribution in [3.8, 4) is 5.88 Å². The highest BCUT2D eigenvalue weighted by molar-refractivity contribution is 5.82. The summed E-state index contributed by atoms with van der Waals surface area (Å²) in [5, 5.41) is 0. The molecular formula is C16H21N3O3. The second-order valence-corrected chi connectivity index (χ2v) is 6.82. The second kappa shape index (κ2) is 5.19. The first-order valence-corrected chi connectivity index (χ1v) is 8.01. The third kappa shape index (κ3) is 2.56. The number of hydrogen-bond donors (Lipinski definition) is 0. The topological polar surface area (TPSA) is 64.6 Å². The smallest absolute Gasteiger partial charge is 0.232 e. The predicted octanol–water partition coefficient (Wildman–Crippen LogP) is 1.27. The zero-order valence-corrected chi connectivity index (χ0v) is 12.8. The van der Waals surface area contributed by atoms with E-state index in [0.717, 1.165) is 19.3 Å². The summed E-state index contributed by atoms with van der Waals surface area (Å²) in [5.41, 5.74) is -0.209. The Morgan fingerprint density at radius 1 is 1.45 bits per heavy atom. The molecule has 1 saturated carbocycles. The molecule has 0 aromatic carbocycles. The van der Waals surface area contributed by atoms with Gasteiger partial charge in [-0.1, -0.05) is 6.92 Å². The van der Waals surface area contributed by atoms with Crippen molar-refractivity contribution < 1.29 is 14.3 Å². The number of ether oxygens (including phenoxy) is 2. The van der Waals surface area contributed by atoms with Crippen LogP contribution >= 0.6 is 0 Å². The lowest BCUT2D eigenvalue weighted by Crippen LogP contribution is -2.67. The number of hydrogen-bond acceptors (Lipinski definition) is 5. The van der Waals surface area contributed by atoms with Crippen molar-refractivity contribution in [1.29, 1.82) is 0 Å². The van der Waals surface area contributed by atoms with Crippen LogP contribution in [-0.2, 0) is 9.53 Å². The number of nitrogens with zero attached hydrogens (tertiary/aromatic N) is 3. The van der Waals surface area contributed by atoms with Crippen LogP contribution in [0.1, 0.15) is 26.2 Å². The molecule has 3 unspecified atom stereocenters. The molecule has 3 heterocycles. The Morgan fingerprint density at radius 2 is 2.27 bits per heavy atom. The lowest BCUT2D eigenvalue weighted by atomic mass is 9.84. The fraction of sp³-hybridized carbons (Fsp3) is 0.688. The van der Waals surface area contributed by atoms with Crippen LogP contribution in [0.4, 0.5) is 0 Å². The highest BCUT2D eigenvalue weighted by Gasteiger charge is 2.53. The van der Waals surface area contributed by atoms with E-state index in [4.69, 9.17) is 9.47 Å². The van der Waals surface area contributed by atoms with Crippen LogP contribution in [0, 0.1) is 11.8 Å². The fourth-order valence-corrected chi connectivity index (χ4v) is 3.53. The average molecular weight is 303 g/mol. The van der Waals surface area contributed by atoms with Gasteiger partial charge in [0.1, 0.15) is 11.7 Å². The molecule has 1 aromatic heterocycles. The van der Waals surface area contributed by atoms with Crippen molar-refractivity contribution in [2.24, 2.45) is 11.8 Å². The summed E-state index contributed by atoms with van der Waals surface area (Å²) in [6.07, 6.45) is 7.69. The van der Waals surface area contributed by atoms with E-state index < -0.39 is 0 Å². The van der Waals surface area contributed by atoms with E-state index in [-0.39, 0.29) is 17.6 Å². The van der Waals surface area contributed by atoms with Crippen molar-refractivity contribution in [2.75, 3.05) is 19.7 Å². The summed E-state index contributed by atoms with van der Waals surface area (Å²) in [6.45, 7) is 4.22. The lowest BCUT2D eigenvalue weighted by molar-refractivity contribution is -0.194. The van der Waals surface area contributed by atoms with Crippen LogP contribution < -0.4 is 4.74 Å². The van der Waals surface area contributed by atoms with Crippen molar-refractivity contribution in [3.63, 3.8) is 0 Å². The molecule has 6 nitrogen and oxygen atoms in total. The molecule has 22 heavy (non-hydrogen) atoms. The number of likely N-dealkylation sites (tertiary alicyclic amines) is 1. The Morgan fingerprint density at radius 3 is 2.95 bits per heavy atom. The van der Waals surface area contributed by atoms with Crippen molar-refractivity contribution >= 4 is 5.91 Å². The Bertz CT molecular complexity index is 559. The Labute approximate surface area is 129 Å². The molecule has 0 bridgehead atoms. The normalized spacial score (nSPS) is 32.4. The molecule has 1 amide bonds. The Balaban J connectivity index is 1.33. The van der Waals surface area contributed by atoms with Gasteiger partial charge >= 0.3 is 0 Å². The van der Waals surface area contributed by atoms with Gasteiger partial charge in [-0.2, -0.15) is 0 Å². The van der Waals surface area contributed by atoms with Gasteiger partial charge in [0.2, 0.25) is 11.8 Å². The van der Waals surface area contributed by atoms with Crippen molar-refractivity contribution in [1.82, 2.24) is 14.9 Å². The highest BCUT2D eigenvalue weighted by atomic mass is 16.5. The number of rotatable bonds is 3. The Hall–Kier alpha value is -1.69. The summed E-state index contributed by atoms with van der Waals surface area (Å²) >= 11 is 0. The van der Waals surface area contributed by atoms with E-state index in [1.165, 1.54) is 0 Å². The van der Waals surface area contributed by atoms with E-state index in [1.807, 2.05) is 4.90 Å². The fourth-order valence-electron chi connectivity index (χ4n) is 3.53. The monoisotopic (exact) mass is 303 g/mol. The molecule has 6 heteroatoms. The lowest BCUT2D eigenvalue weighted by Gasteiger charge is -2.53. The predicted molar refractivity (Wildman–Crippen MR) is 78.2 cm³/mol. The third-order valence-corrected chi connectivity index (χ3v) is 4.97. The van der Waals surface area contributed by atoms with Crippen LogP contribution in [0.3, 0.4) is 0 Å². The molecule has 118 valence electrons. The van der Waals surface area contributed by atoms with E-state index in [1.54, 1.807) is 18.6 Å². The molecular weight excluding hydrogens is 282 g/mol. The van der Waals surface area contributed by atoms with Crippen LogP contribution in [0.2, 0.25) is 0 Å². The number of carbonyl (C=O) groups is 1. The van der Waals surface area contributed by atoms with Gasteiger partial charge in [-0.15, -0.1) is 0 Å². The molecule has 0 radical (unpaired) electrons. The van der Waals surface area contributed by atoms with E-state index >= 15 is 0 Å². The molecule has 3 fully saturated rings. The van der Waals surface area contributed by atoms with E-state index in [0.29, 0.717) is 37.4 Å². The number of amides is 1. The van der Waals surface area contributed by atoms with Gasteiger partial charge in [0.25, 0.3) is 0 Å². The SMILES string of the molecule is CC1CC1C(=O)N1CC2(CC(Oc3cnccn3)CCO2)C1. The zero-order valence-electron chi connectivity index (χ0n) is 12.8. The summed E-state index contributed by atoms with van der Waals surface area (Å²) in [7, 11) is 0. The summed E-state index contributed by atoms with van der Waals surface area (Å²) < 4.78 is 11.9. The summed E-state index contributed by atoms with van der Waals surface area (Å²) in [4.78, 5) is 22.3. The maximum Gasteiger partial charge on any atom is 0.232 e. The molecule has 2 saturated heterocycles. The molecule has 2 aliphatic heterocycles. The molecule has 1 aromatic rings. The van der Waals surface area contributed by atoms with E-state index in [9.17, 15) is 4.79 Å². The molecule has 1 aliphatic carbocycles. The maximum absolute atomic E-state index is 12.2. The van der Waals surface area contributed by atoms with Gasteiger partial charge in [-0.3, -0.25) is 9.78 Å². The van der Waals surface area contributed by atoms with Crippen molar-refractivity contribution in [2.45, 2.75) is 37.9 Å². The van der Waals surface area contributed by atoms with Crippen LogP contribution in [0.15, 0.2) is 18.6 Å². The largest absolute Gasteiger partial charge is 0.473 e. The van der Waals surface area contributed by atoms with Gasteiger partial charge in [-0.25, -0.2) is 4.98 Å². The molecule has 0 N–H and O–H groups in total. The van der Waals surface area contributed by atoms with Crippen LogP contribution in [0.5, 0.6) is 5.88 Å². The standard InChI is InChI=1S/C16H21N3O3/c1-11-6-13(11)15(20)19-9-16(10-19)7-12(2-5-21-16)22-14-8-17-3-4-18-14/h3-4,8,11-13H,2,5-7,9-10H2,1H3. The Kier molecular flexibility index (Phi) is 3.29. The summed E-state index contributed by atoms with van der Waals surface area (Å²) in [6, 6.07) is 0. The van der Waals surface area contributed by atoms with Crippen LogP contribution in [0.25, 0.3) is 0 Å². The minimum Gasteiger partial charge on any atom is -0.473 e. The first-order chi connectivity index (χ1) is 10.7. The quantitative estimate of drug-likeness (QED) is 0.841. The zero-order chi connectivity index (χ0) is 15.2. The van der Waals surface area contributed by atoms with Crippen molar-refractivity contribution in [3.05, 3.63) is 18.6 Å². The first-order valence-electron chi connectivity index (χ1n) is 8.01. The third-order valence-electron chi connectivity index (χ3n) is 4.97. The minimum absolute atomic E-state index is 0.0857. The van der Waals surface area contributed by atoms with Gasteiger partial charge in [0.15, 0.2) is 0 Å². The maximum atomic E-state index is 12.2. The van der Waals surface area contributed by atoms with E-state index in [2.05, 4.69) is 16.9 Å². The molecule has 1 spiro atoms. The van der Waals surface area contributed by atoms with Gasteiger partial charge in [0.05, 0.1) is 25.9 Å². The van der Waals surface area contributed by atoms with Gasteiger partial charge in [0, 0.05) is 31.2 Å². The average Bonchev–Trinajstić information content (AvgIpc) is 3.22. The molecule has 4 rings (SSSR count).